The van der Waals surface area contributed by atoms with Gasteiger partial charge in [-0.2, -0.15) is 0 Å². The molecule has 0 N–H and O–H groups in total. The summed E-state index contributed by atoms with van der Waals surface area (Å²) in [5.74, 6) is 2.05. The Morgan fingerprint density at radius 2 is 1.78 bits per heavy atom. The minimum atomic E-state index is 0.146. The van der Waals surface area contributed by atoms with Crippen LogP contribution >= 0.6 is 11.3 Å². The van der Waals surface area contributed by atoms with Crippen molar-refractivity contribution in [2.75, 3.05) is 13.1 Å². The fourth-order valence-electron chi connectivity index (χ4n) is 4.56. The zero-order chi connectivity index (χ0) is 18.7. The lowest BCUT2D eigenvalue weighted by atomic mass is 9.84. The number of aryl methyl sites for hydroxylation is 2. The van der Waals surface area contributed by atoms with Gasteiger partial charge < -0.3 is 4.90 Å². The van der Waals surface area contributed by atoms with E-state index in [1.54, 1.807) is 11.3 Å². The van der Waals surface area contributed by atoms with Crippen LogP contribution in [0.25, 0.3) is 10.2 Å². The van der Waals surface area contributed by atoms with Gasteiger partial charge in [-0.3, -0.25) is 14.2 Å². The van der Waals surface area contributed by atoms with Crippen molar-refractivity contribution in [3.05, 3.63) is 26.6 Å². The molecule has 144 valence electrons. The van der Waals surface area contributed by atoms with Gasteiger partial charge in [-0.1, -0.05) is 6.42 Å². The van der Waals surface area contributed by atoms with Crippen molar-refractivity contribution in [1.29, 1.82) is 0 Å². The number of nitrogens with zero attached hydrogens (tertiary/aromatic N) is 3. The van der Waals surface area contributed by atoms with Gasteiger partial charge in [0, 0.05) is 35.8 Å². The first-order valence-electron chi connectivity index (χ1n) is 10.4. The summed E-state index contributed by atoms with van der Waals surface area (Å²) in [6.45, 7) is 5.66. The van der Waals surface area contributed by atoms with Crippen LogP contribution < -0.4 is 5.56 Å². The normalized spacial score (nSPS) is 21.6. The fraction of sp³-hybridized carbons (Fsp3) is 0.667. The largest absolute Gasteiger partial charge is 0.342 e. The molecule has 2 aromatic heterocycles. The molecule has 3 fully saturated rings. The summed E-state index contributed by atoms with van der Waals surface area (Å²) in [6.07, 6.45) is 7.32. The Morgan fingerprint density at radius 1 is 1.07 bits per heavy atom. The Kier molecular flexibility index (Phi) is 4.15. The van der Waals surface area contributed by atoms with E-state index in [0.717, 1.165) is 73.2 Å². The van der Waals surface area contributed by atoms with Crippen molar-refractivity contribution in [3.8, 4) is 0 Å². The molecule has 2 aromatic rings. The van der Waals surface area contributed by atoms with Crippen LogP contribution in [0.2, 0.25) is 0 Å². The highest BCUT2D eigenvalue weighted by atomic mass is 32.1. The van der Waals surface area contributed by atoms with E-state index < -0.39 is 0 Å². The molecule has 0 bridgehead atoms. The van der Waals surface area contributed by atoms with Gasteiger partial charge in [0.05, 0.1) is 5.39 Å². The molecule has 1 aliphatic heterocycles. The molecule has 3 heterocycles. The lowest BCUT2D eigenvalue weighted by molar-refractivity contribution is -0.139. The molecular weight excluding hydrogens is 358 g/mol. The molecule has 27 heavy (non-hydrogen) atoms. The van der Waals surface area contributed by atoms with E-state index in [4.69, 9.17) is 4.98 Å². The van der Waals surface area contributed by atoms with Crippen LogP contribution in [0.1, 0.15) is 73.2 Å². The zero-order valence-electron chi connectivity index (χ0n) is 16.2. The maximum Gasteiger partial charge on any atom is 0.262 e. The summed E-state index contributed by atoms with van der Waals surface area (Å²) in [6, 6.07) is 0.176. The minimum Gasteiger partial charge on any atom is -0.342 e. The second kappa shape index (κ2) is 6.43. The van der Waals surface area contributed by atoms with Gasteiger partial charge in [0.1, 0.15) is 10.7 Å². The number of thiophene rings is 1. The van der Waals surface area contributed by atoms with Crippen LogP contribution in [0.3, 0.4) is 0 Å². The van der Waals surface area contributed by atoms with Gasteiger partial charge in [0.25, 0.3) is 5.56 Å². The number of carbonyl (C=O) groups is 1. The first-order chi connectivity index (χ1) is 13.0. The Bertz CT molecular complexity index is 960. The Hall–Kier alpha value is -1.69. The molecule has 0 radical (unpaired) electrons. The fourth-order valence-corrected chi connectivity index (χ4v) is 5.59. The van der Waals surface area contributed by atoms with Crippen molar-refractivity contribution < 1.29 is 4.79 Å². The maximum atomic E-state index is 13.4. The molecular formula is C21H27N3O2S. The molecule has 1 amide bonds. The summed E-state index contributed by atoms with van der Waals surface area (Å²) >= 11 is 1.65. The highest BCUT2D eigenvalue weighted by molar-refractivity contribution is 7.18. The van der Waals surface area contributed by atoms with Crippen LogP contribution in [0.15, 0.2) is 4.79 Å². The first-order valence-corrected chi connectivity index (χ1v) is 11.2. The van der Waals surface area contributed by atoms with Gasteiger partial charge in [0.15, 0.2) is 0 Å². The highest BCUT2D eigenvalue weighted by Gasteiger charge is 2.36. The Labute approximate surface area is 163 Å². The van der Waals surface area contributed by atoms with Crippen molar-refractivity contribution >= 4 is 27.5 Å². The number of aromatic nitrogens is 2. The average Bonchev–Trinajstić information content (AvgIpc) is 3.40. The molecule has 6 heteroatoms. The SMILES string of the molecule is Cc1sc2nc(C3CC3)n(C3CCN(C(=O)C4CCC4)CC3)c(=O)c2c1C. The van der Waals surface area contributed by atoms with Crippen molar-refractivity contribution in [2.24, 2.45) is 5.92 Å². The number of fused-ring (bicyclic) bond motifs is 1. The average molecular weight is 386 g/mol. The predicted molar refractivity (Wildman–Crippen MR) is 108 cm³/mol. The van der Waals surface area contributed by atoms with E-state index in [-0.39, 0.29) is 17.5 Å². The summed E-state index contributed by atoms with van der Waals surface area (Å²) in [5, 5.41) is 0.815. The molecule has 2 aliphatic carbocycles. The third kappa shape index (κ3) is 2.84. The second-order valence-electron chi connectivity index (χ2n) is 8.57. The van der Waals surface area contributed by atoms with Crippen molar-refractivity contribution in [3.63, 3.8) is 0 Å². The number of hydrogen-bond donors (Lipinski definition) is 0. The number of rotatable bonds is 3. The van der Waals surface area contributed by atoms with Gasteiger partial charge in [0.2, 0.25) is 5.91 Å². The van der Waals surface area contributed by atoms with Crippen LogP contribution in [0, 0.1) is 19.8 Å². The van der Waals surface area contributed by atoms with E-state index in [1.807, 2.05) is 16.4 Å². The van der Waals surface area contributed by atoms with Crippen molar-refractivity contribution in [2.45, 2.75) is 70.8 Å². The van der Waals surface area contributed by atoms with Crippen LogP contribution in [-0.2, 0) is 4.79 Å². The van der Waals surface area contributed by atoms with E-state index in [2.05, 4.69) is 6.92 Å². The number of amides is 1. The monoisotopic (exact) mass is 385 g/mol. The molecule has 5 nitrogen and oxygen atoms in total. The molecule has 0 unspecified atom stereocenters. The summed E-state index contributed by atoms with van der Waals surface area (Å²) in [5.41, 5.74) is 1.23. The standard InChI is InChI=1S/C21H27N3O2S/c1-12-13(2)27-19-17(12)21(26)24(18(22-19)14-6-7-14)16-8-10-23(11-9-16)20(25)15-4-3-5-15/h14-16H,3-11H2,1-2H3. The molecule has 0 aromatic carbocycles. The van der Waals surface area contributed by atoms with Crippen LogP contribution in [0.4, 0.5) is 0 Å². The molecule has 3 aliphatic rings. The van der Waals surface area contributed by atoms with Gasteiger partial charge in [-0.05, 0) is 57.9 Å². The van der Waals surface area contributed by atoms with Crippen LogP contribution in [0.5, 0.6) is 0 Å². The smallest absolute Gasteiger partial charge is 0.262 e. The summed E-state index contributed by atoms with van der Waals surface area (Å²) < 4.78 is 2.02. The minimum absolute atomic E-state index is 0.146. The lowest BCUT2D eigenvalue weighted by Crippen LogP contribution is -2.45. The third-order valence-corrected chi connectivity index (χ3v) is 7.90. The highest BCUT2D eigenvalue weighted by Crippen LogP contribution is 2.42. The predicted octanol–water partition coefficient (Wildman–Crippen LogP) is 3.92. The third-order valence-electron chi connectivity index (χ3n) is 6.80. The van der Waals surface area contributed by atoms with Gasteiger partial charge in [-0.25, -0.2) is 4.98 Å². The Balaban J connectivity index is 1.47. The molecule has 0 atom stereocenters. The van der Waals surface area contributed by atoms with Gasteiger partial charge in [-0.15, -0.1) is 11.3 Å². The zero-order valence-corrected chi connectivity index (χ0v) is 17.0. The van der Waals surface area contributed by atoms with E-state index >= 15 is 0 Å². The lowest BCUT2D eigenvalue weighted by Gasteiger charge is -2.37. The Morgan fingerprint density at radius 3 is 2.37 bits per heavy atom. The first kappa shape index (κ1) is 17.4. The molecule has 2 saturated carbocycles. The van der Waals surface area contributed by atoms with E-state index in [1.165, 1.54) is 11.3 Å². The van der Waals surface area contributed by atoms with E-state index in [9.17, 15) is 9.59 Å². The molecule has 1 saturated heterocycles. The second-order valence-corrected chi connectivity index (χ2v) is 9.77. The van der Waals surface area contributed by atoms with E-state index in [0.29, 0.717) is 11.8 Å². The number of carbonyl (C=O) groups excluding carboxylic acids is 1. The van der Waals surface area contributed by atoms with Crippen LogP contribution in [-0.4, -0.2) is 33.4 Å². The number of likely N-dealkylation sites (tertiary alicyclic amines) is 1. The quantitative estimate of drug-likeness (QED) is 0.805. The van der Waals surface area contributed by atoms with Crippen molar-refractivity contribution in [1.82, 2.24) is 14.5 Å². The van der Waals surface area contributed by atoms with Gasteiger partial charge >= 0.3 is 0 Å². The topological polar surface area (TPSA) is 55.2 Å². The summed E-state index contributed by atoms with van der Waals surface area (Å²) in [4.78, 5) is 35.1. The number of piperidine rings is 1. The maximum absolute atomic E-state index is 13.4. The molecule has 5 rings (SSSR count). The molecule has 0 spiro atoms. The number of hydrogen-bond acceptors (Lipinski definition) is 4. The summed E-state index contributed by atoms with van der Waals surface area (Å²) in [7, 11) is 0.